The van der Waals surface area contributed by atoms with E-state index in [-0.39, 0.29) is 11.9 Å². The minimum Gasteiger partial charge on any atom is -0.347 e. The highest BCUT2D eigenvalue weighted by Gasteiger charge is 2.19. The van der Waals surface area contributed by atoms with Crippen molar-refractivity contribution < 1.29 is 4.79 Å². The minimum atomic E-state index is -0.203. The number of aromatic nitrogens is 4. The first-order valence-corrected chi connectivity index (χ1v) is 6.53. The first-order valence-electron chi connectivity index (χ1n) is 6.53. The molecule has 0 saturated heterocycles. The number of hydrogen-bond acceptors (Lipinski definition) is 3. The van der Waals surface area contributed by atoms with Gasteiger partial charge in [-0.25, -0.2) is 4.98 Å². The van der Waals surface area contributed by atoms with Crippen molar-refractivity contribution in [2.45, 2.75) is 19.4 Å². The molecule has 102 valence electrons. The van der Waals surface area contributed by atoms with Gasteiger partial charge in [-0.05, 0) is 12.5 Å². The molecule has 1 amide bonds. The van der Waals surface area contributed by atoms with Gasteiger partial charge in [-0.15, -0.1) is 0 Å². The number of fused-ring (bicyclic) bond motifs is 1. The number of amides is 1. The lowest BCUT2D eigenvalue weighted by molar-refractivity contribution is 0.0930. The predicted molar refractivity (Wildman–Crippen MR) is 75.2 cm³/mol. The van der Waals surface area contributed by atoms with Crippen molar-refractivity contribution in [3.8, 4) is 0 Å². The zero-order valence-corrected chi connectivity index (χ0v) is 11.1. The Hall–Kier alpha value is -2.63. The first kappa shape index (κ1) is 12.4. The molecule has 0 spiro atoms. The Morgan fingerprint density at radius 3 is 3.00 bits per heavy atom. The van der Waals surface area contributed by atoms with E-state index < -0.39 is 0 Å². The number of aromatic amines is 2. The monoisotopic (exact) mass is 269 g/mol. The highest BCUT2D eigenvalue weighted by atomic mass is 16.2. The van der Waals surface area contributed by atoms with E-state index in [0.29, 0.717) is 5.69 Å². The number of imidazole rings is 1. The Labute approximate surface area is 115 Å². The fourth-order valence-electron chi connectivity index (χ4n) is 2.19. The molecule has 1 aromatic carbocycles. The molecule has 0 aliphatic carbocycles. The second-order valence-corrected chi connectivity index (χ2v) is 4.53. The van der Waals surface area contributed by atoms with Gasteiger partial charge in [0.25, 0.3) is 5.91 Å². The smallest absolute Gasteiger partial charge is 0.273 e. The number of rotatable bonds is 4. The molecule has 20 heavy (non-hydrogen) atoms. The van der Waals surface area contributed by atoms with Crippen LogP contribution in [0.4, 0.5) is 0 Å². The molecule has 0 fully saturated rings. The van der Waals surface area contributed by atoms with Gasteiger partial charge in [-0.1, -0.05) is 25.1 Å². The summed E-state index contributed by atoms with van der Waals surface area (Å²) in [5, 5.41) is 10.7. The third-order valence-corrected chi connectivity index (χ3v) is 3.25. The van der Waals surface area contributed by atoms with E-state index in [2.05, 4.69) is 25.5 Å². The molecular formula is C14H15N5O. The molecule has 3 rings (SSSR count). The fourth-order valence-corrected chi connectivity index (χ4v) is 2.19. The lowest BCUT2D eigenvalue weighted by Gasteiger charge is -2.13. The highest BCUT2D eigenvalue weighted by Crippen LogP contribution is 2.17. The van der Waals surface area contributed by atoms with Gasteiger partial charge >= 0.3 is 0 Å². The van der Waals surface area contributed by atoms with Crippen molar-refractivity contribution in [3.05, 3.63) is 48.2 Å². The van der Waals surface area contributed by atoms with E-state index in [1.165, 1.54) is 0 Å². The summed E-state index contributed by atoms with van der Waals surface area (Å²) in [6, 6.07) is 7.41. The summed E-state index contributed by atoms with van der Waals surface area (Å²) >= 11 is 0. The number of hydrogen-bond donors (Lipinski definition) is 3. The Morgan fingerprint density at radius 2 is 2.25 bits per heavy atom. The molecule has 1 atom stereocenters. The third-order valence-electron chi connectivity index (χ3n) is 3.25. The van der Waals surface area contributed by atoms with Crippen LogP contribution in [0, 0.1) is 0 Å². The van der Waals surface area contributed by atoms with Gasteiger partial charge in [0.15, 0.2) is 5.69 Å². The molecule has 0 saturated carbocycles. The largest absolute Gasteiger partial charge is 0.347 e. The maximum absolute atomic E-state index is 12.3. The van der Waals surface area contributed by atoms with Crippen LogP contribution in [0.2, 0.25) is 0 Å². The lowest BCUT2D eigenvalue weighted by atomic mass is 10.1. The lowest BCUT2D eigenvalue weighted by Crippen LogP contribution is -2.29. The summed E-state index contributed by atoms with van der Waals surface area (Å²) < 4.78 is 0. The van der Waals surface area contributed by atoms with Crippen LogP contribution in [0.5, 0.6) is 0 Å². The summed E-state index contributed by atoms with van der Waals surface area (Å²) in [5.41, 5.74) is 1.26. The van der Waals surface area contributed by atoms with Crippen molar-refractivity contribution in [1.29, 1.82) is 0 Å². The normalized spacial score (nSPS) is 12.4. The molecule has 0 radical (unpaired) electrons. The van der Waals surface area contributed by atoms with Crippen LogP contribution in [0.25, 0.3) is 10.9 Å². The molecule has 1 unspecified atom stereocenters. The number of nitrogens with one attached hydrogen (secondary N) is 3. The van der Waals surface area contributed by atoms with Crippen LogP contribution < -0.4 is 5.32 Å². The van der Waals surface area contributed by atoms with Gasteiger partial charge < -0.3 is 10.3 Å². The number of H-pyrrole nitrogens is 2. The van der Waals surface area contributed by atoms with Crippen LogP contribution in [0.1, 0.15) is 35.7 Å². The molecule has 3 aromatic rings. The van der Waals surface area contributed by atoms with Crippen molar-refractivity contribution >= 4 is 16.8 Å². The van der Waals surface area contributed by atoms with Gasteiger partial charge in [0.2, 0.25) is 0 Å². The number of para-hydroxylation sites is 1. The second-order valence-electron chi connectivity index (χ2n) is 4.53. The van der Waals surface area contributed by atoms with Crippen molar-refractivity contribution in [2.24, 2.45) is 0 Å². The summed E-state index contributed by atoms with van der Waals surface area (Å²) in [6.45, 7) is 2.00. The number of carbonyl (C=O) groups excluding carboxylic acids is 1. The van der Waals surface area contributed by atoms with Gasteiger partial charge in [0.1, 0.15) is 5.82 Å². The van der Waals surface area contributed by atoms with E-state index in [4.69, 9.17) is 0 Å². The topological polar surface area (TPSA) is 86.5 Å². The molecule has 0 aliphatic heterocycles. The molecule has 3 N–H and O–H groups in total. The van der Waals surface area contributed by atoms with E-state index in [1.54, 1.807) is 12.4 Å². The third kappa shape index (κ3) is 2.16. The van der Waals surface area contributed by atoms with E-state index >= 15 is 0 Å². The average Bonchev–Trinajstić information content (AvgIpc) is 3.13. The van der Waals surface area contributed by atoms with Crippen LogP contribution >= 0.6 is 0 Å². The van der Waals surface area contributed by atoms with Gasteiger partial charge in [-0.2, -0.15) is 5.10 Å². The zero-order chi connectivity index (χ0) is 13.9. The summed E-state index contributed by atoms with van der Waals surface area (Å²) in [4.78, 5) is 19.6. The maximum atomic E-state index is 12.3. The Kier molecular flexibility index (Phi) is 3.20. The van der Waals surface area contributed by atoms with E-state index in [1.807, 2.05) is 31.2 Å². The van der Waals surface area contributed by atoms with Crippen LogP contribution in [0.3, 0.4) is 0 Å². The maximum Gasteiger partial charge on any atom is 0.273 e. The quantitative estimate of drug-likeness (QED) is 0.678. The van der Waals surface area contributed by atoms with Crippen molar-refractivity contribution in [1.82, 2.24) is 25.5 Å². The molecule has 0 bridgehead atoms. The number of benzene rings is 1. The van der Waals surface area contributed by atoms with Crippen LogP contribution in [-0.4, -0.2) is 26.1 Å². The van der Waals surface area contributed by atoms with Gasteiger partial charge in [0.05, 0.1) is 11.6 Å². The van der Waals surface area contributed by atoms with Gasteiger partial charge in [0, 0.05) is 17.8 Å². The summed E-state index contributed by atoms with van der Waals surface area (Å²) in [6.07, 6.45) is 4.17. The van der Waals surface area contributed by atoms with Crippen LogP contribution in [-0.2, 0) is 0 Å². The van der Waals surface area contributed by atoms with E-state index in [9.17, 15) is 4.79 Å². The Morgan fingerprint density at radius 1 is 1.40 bits per heavy atom. The molecule has 2 heterocycles. The molecule has 6 nitrogen and oxygen atoms in total. The molecule has 2 aromatic heterocycles. The fraction of sp³-hybridized carbons (Fsp3) is 0.214. The summed E-state index contributed by atoms with van der Waals surface area (Å²) in [7, 11) is 0. The molecule has 0 aliphatic rings. The number of nitrogens with zero attached hydrogens (tertiary/aromatic N) is 2. The molecular weight excluding hydrogens is 254 g/mol. The predicted octanol–water partition coefficient (Wildman–Crippen LogP) is 2.17. The van der Waals surface area contributed by atoms with Crippen molar-refractivity contribution in [3.63, 3.8) is 0 Å². The second kappa shape index (κ2) is 5.16. The SMILES string of the molecule is CCC(NC(=O)c1n[nH]c2ccccc12)c1ncc[nH]1. The van der Waals surface area contributed by atoms with Crippen LogP contribution in [0.15, 0.2) is 36.7 Å². The molecule has 6 heteroatoms. The number of carbonyl (C=O) groups is 1. The highest BCUT2D eigenvalue weighted by molar-refractivity contribution is 6.04. The average molecular weight is 269 g/mol. The Bertz CT molecular complexity index is 716. The minimum absolute atomic E-state index is 0.145. The van der Waals surface area contributed by atoms with Gasteiger partial charge in [-0.3, -0.25) is 9.89 Å². The zero-order valence-electron chi connectivity index (χ0n) is 11.1. The standard InChI is InChI=1S/C14H15N5O/c1-2-10(13-15-7-8-16-13)17-14(20)12-9-5-3-4-6-11(9)18-19-12/h3-8,10H,2H2,1H3,(H,15,16)(H,17,20)(H,18,19). The summed E-state index contributed by atoms with van der Waals surface area (Å²) in [5.74, 6) is 0.548. The first-order chi connectivity index (χ1) is 9.79. The van der Waals surface area contributed by atoms with E-state index in [0.717, 1.165) is 23.1 Å². The van der Waals surface area contributed by atoms with Crippen molar-refractivity contribution in [2.75, 3.05) is 0 Å². The Balaban J connectivity index is 1.85.